The first-order valence-electron chi connectivity index (χ1n) is 6.09. The number of aryl methyl sites for hydroxylation is 1. The van der Waals surface area contributed by atoms with Crippen LogP contribution in [0.2, 0.25) is 0 Å². The average molecular weight is 229 g/mol. The van der Waals surface area contributed by atoms with Gasteiger partial charge < -0.3 is 9.67 Å². The van der Waals surface area contributed by atoms with Crippen LogP contribution in [-0.2, 0) is 6.54 Å². The maximum atomic E-state index is 9.75. The molecule has 1 aromatic carbocycles. The van der Waals surface area contributed by atoms with E-state index in [0.29, 0.717) is 0 Å². The van der Waals surface area contributed by atoms with Gasteiger partial charge in [-0.1, -0.05) is 31.2 Å². The molecule has 0 aliphatic rings. The van der Waals surface area contributed by atoms with E-state index >= 15 is 0 Å². The number of aliphatic hydroxyl groups excluding tert-OH is 1. The molecule has 1 atom stereocenters. The molecule has 2 rings (SSSR count). The van der Waals surface area contributed by atoms with Crippen molar-refractivity contribution in [3.63, 3.8) is 0 Å². The van der Waals surface area contributed by atoms with Gasteiger partial charge in [-0.15, -0.1) is 0 Å². The second kappa shape index (κ2) is 5.19. The molecular formula is C15H19NO. The minimum atomic E-state index is -0.340. The number of aliphatic hydroxyl groups is 1. The SMILES string of the molecule is CCC(O)c1ccn(Cc2ccccc2C)c1. The number of hydrogen-bond acceptors (Lipinski definition) is 1. The summed E-state index contributed by atoms with van der Waals surface area (Å²) in [6.07, 6.45) is 4.48. The maximum Gasteiger partial charge on any atom is 0.0802 e. The highest BCUT2D eigenvalue weighted by Gasteiger charge is 2.06. The van der Waals surface area contributed by atoms with Crippen molar-refractivity contribution in [3.05, 3.63) is 59.4 Å². The molecule has 0 aliphatic carbocycles. The molecule has 1 unspecified atom stereocenters. The second-order valence-corrected chi connectivity index (χ2v) is 4.47. The number of aromatic nitrogens is 1. The van der Waals surface area contributed by atoms with Crippen LogP contribution >= 0.6 is 0 Å². The fourth-order valence-corrected chi connectivity index (χ4v) is 1.97. The summed E-state index contributed by atoms with van der Waals surface area (Å²) >= 11 is 0. The first-order chi connectivity index (χ1) is 8.20. The average Bonchev–Trinajstić information content (AvgIpc) is 2.80. The number of hydrogen-bond donors (Lipinski definition) is 1. The number of rotatable bonds is 4. The summed E-state index contributed by atoms with van der Waals surface area (Å²) in [5, 5.41) is 9.75. The van der Waals surface area contributed by atoms with Crippen LogP contribution < -0.4 is 0 Å². The zero-order valence-corrected chi connectivity index (χ0v) is 10.4. The molecule has 0 saturated heterocycles. The summed E-state index contributed by atoms with van der Waals surface area (Å²) in [4.78, 5) is 0. The zero-order chi connectivity index (χ0) is 12.3. The zero-order valence-electron chi connectivity index (χ0n) is 10.4. The third-order valence-electron chi connectivity index (χ3n) is 3.16. The van der Waals surface area contributed by atoms with Crippen LogP contribution in [0.15, 0.2) is 42.7 Å². The minimum absolute atomic E-state index is 0.340. The lowest BCUT2D eigenvalue weighted by atomic mass is 10.1. The Morgan fingerprint density at radius 1 is 1.24 bits per heavy atom. The lowest BCUT2D eigenvalue weighted by molar-refractivity contribution is 0.173. The van der Waals surface area contributed by atoms with Gasteiger partial charge in [0.2, 0.25) is 0 Å². The van der Waals surface area contributed by atoms with Gasteiger partial charge in [0, 0.05) is 18.9 Å². The standard InChI is InChI=1S/C15H19NO/c1-3-15(17)14-8-9-16(11-14)10-13-7-5-4-6-12(13)2/h4-9,11,15,17H,3,10H2,1-2H3. The summed E-state index contributed by atoms with van der Waals surface area (Å²) in [5.74, 6) is 0. The Morgan fingerprint density at radius 2 is 2.00 bits per heavy atom. The molecule has 2 nitrogen and oxygen atoms in total. The maximum absolute atomic E-state index is 9.75. The van der Waals surface area contributed by atoms with Crippen molar-refractivity contribution in [1.29, 1.82) is 0 Å². The number of benzene rings is 1. The van der Waals surface area contributed by atoms with Gasteiger partial charge in [0.25, 0.3) is 0 Å². The van der Waals surface area contributed by atoms with Crippen LogP contribution in [0.4, 0.5) is 0 Å². The molecule has 90 valence electrons. The molecule has 17 heavy (non-hydrogen) atoms. The lowest BCUT2D eigenvalue weighted by Gasteiger charge is -2.07. The Bertz CT molecular complexity index is 487. The second-order valence-electron chi connectivity index (χ2n) is 4.47. The largest absolute Gasteiger partial charge is 0.388 e. The first-order valence-corrected chi connectivity index (χ1v) is 6.09. The molecule has 2 heteroatoms. The molecule has 0 spiro atoms. The quantitative estimate of drug-likeness (QED) is 0.855. The summed E-state index contributed by atoms with van der Waals surface area (Å²) in [6, 6.07) is 10.4. The molecule has 1 N–H and O–H groups in total. The van der Waals surface area contributed by atoms with Crippen LogP contribution in [0.3, 0.4) is 0 Å². The Kier molecular flexibility index (Phi) is 3.64. The highest BCUT2D eigenvalue weighted by molar-refractivity contribution is 5.26. The van der Waals surface area contributed by atoms with Crippen molar-refractivity contribution in [3.8, 4) is 0 Å². The summed E-state index contributed by atoms with van der Waals surface area (Å²) in [5.41, 5.74) is 3.63. The van der Waals surface area contributed by atoms with E-state index in [9.17, 15) is 5.11 Å². The molecule has 0 amide bonds. The van der Waals surface area contributed by atoms with Crippen molar-refractivity contribution in [2.45, 2.75) is 32.9 Å². The van der Waals surface area contributed by atoms with E-state index < -0.39 is 0 Å². The molecule has 1 heterocycles. The van der Waals surface area contributed by atoms with Crippen LogP contribution in [0.25, 0.3) is 0 Å². The van der Waals surface area contributed by atoms with E-state index in [1.807, 2.05) is 25.4 Å². The van der Waals surface area contributed by atoms with Crippen LogP contribution in [0, 0.1) is 6.92 Å². The van der Waals surface area contributed by atoms with Crippen molar-refractivity contribution in [2.75, 3.05) is 0 Å². The van der Waals surface area contributed by atoms with Crippen molar-refractivity contribution >= 4 is 0 Å². The van der Waals surface area contributed by atoms with Gasteiger partial charge in [0.1, 0.15) is 0 Å². The Hall–Kier alpha value is -1.54. The molecule has 0 bridgehead atoms. The van der Waals surface area contributed by atoms with Gasteiger partial charge in [-0.3, -0.25) is 0 Å². The van der Waals surface area contributed by atoms with Gasteiger partial charge >= 0.3 is 0 Å². The molecule has 0 radical (unpaired) electrons. The van der Waals surface area contributed by atoms with Crippen molar-refractivity contribution < 1.29 is 5.11 Å². The highest BCUT2D eigenvalue weighted by Crippen LogP contribution is 2.17. The van der Waals surface area contributed by atoms with Gasteiger partial charge in [0.15, 0.2) is 0 Å². The topological polar surface area (TPSA) is 25.2 Å². The Balaban J connectivity index is 2.14. The van der Waals surface area contributed by atoms with Gasteiger partial charge in [-0.25, -0.2) is 0 Å². The smallest absolute Gasteiger partial charge is 0.0802 e. The Labute approximate surface area is 103 Å². The molecule has 2 aromatic rings. The molecule has 0 fully saturated rings. The van der Waals surface area contributed by atoms with E-state index in [-0.39, 0.29) is 6.10 Å². The predicted molar refractivity (Wildman–Crippen MR) is 70.0 cm³/mol. The van der Waals surface area contributed by atoms with Crippen molar-refractivity contribution in [1.82, 2.24) is 4.57 Å². The predicted octanol–water partition coefficient (Wildman–Crippen LogP) is 3.29. The van der Waals surface area contributed by atoms with Crippen LogP contribution in [0.5, 0.6) is 0 Å². The fourth-order valence-electron chi connectivity index (χ4n) is 1.97. The lowest BCUT2D eigenvalue weighted by Crippen LogP contribution is -1.99. The third kappa shape index (κ3) is 2.77. The van der Waals surface area contributed by atoms with Gasteiger partial charge in [-0.2, -0.15) is 0 Å². The normalized spacial score (nSPS) is 12.6. The fraction of sp³-hybridized carbons (Fsp3) is 0.333. The van der Waals surface area contributed by atoms with E-state index in [1.165, 1.54) is 11.1 Å². The monoisotopic (exact) mass is 229 g/mol. The van der Waals surface area contributed by atoms with E-state index in [1.54, 1.807) is 0 Å². The first kappa shape index (κ1) is 11.9. The van der Waals surface area contributed by atoms with Crippen LogP contribution in [-0.4, -0.2) is 9.67 Å². The summed E-state index contributed by atoms with van der Waals surface area (Å²) in [7, 11) is 0. The van der Waals surface area contributed by atoms with Gasteiger partial charge in [-0.05, 0) is 36.1 Å². The number of nitrogens with zero attached hydrogens (tertiary/aromatic N) is 1. The molecule has 1 aromatic heterocycles. The van der Waals surface area contributed by atoms with Gasteiger partial charge in [0.05, 0.1) is 6.10 Å². The van der Waals surface area contributed by atoms with Crippen LogP contribution in [0.1, 0.15) is 36.1 Å². The molecule has 0 saturated carbocycles. The molecule has 0 aliphatic heterocycles. The Morgan fingerprint density at radius 3 is 2.71 bits per heavy atom. The highest BCUT2D eigenvalue weighted by atomic mass is 16.3. The summed E-state index contributed by atoms with van der Waals surface area (Å²) < 4.78 is 2.12. The van der Waals surface area contributed by atoms with E-state index in [0.717, 1.165) is 18.5 Å². The van der Waals surface area contributed by atoms with Crippen molar-refractivity contribution in [2.24, 2.45) is 0 Å². The summed E-state index contributed by atoms with van der Waals surface area (Å²) in [6.45, 7) is 4.98. The minimum Gasteiger partial charge on any atom is -0.388 e. The molecular weight excluding hydrogens is 210 g/mol. The van der Waals surface area contributed by atoms with E-state index in [2.05, 4.69) is 35.8 Å². The van der Waals surface area contributed by atoms with E-state index in [4.69, 9.17) is 0 Å². The third-order valence-corrected chi connectivity index (χ3v) is 3.16.